The van der Waals surface area contributed by atoms with Crippen molar-refractivity contribution in [1.29, 1.82) is 0 Å². The molecule has 8 heteroatoms. The van der Waals surface area contributed by atoms with Crippen molar-refractivity contribution < 1.29 is 23.8 Å². The fourth-order valence-electron chi connectivity index (χ4n) is 2.32. The van der Waals surface area contributed by atoms with E-state index < -0.39 is 11.8 Å². The molecule has 112 valence electrons. The van der Waals surface area contributed by atoms with Crippen molar-refractivity contribution in [1.82, 2.24) is 4.90 Å². The Morgan fingerprint density at radius 2 is 2.27 bits per heavy atom. The summed E-state index contributed by atoms with van der Waals surface area (Å²) in [5.41, 5.74) is 0.535. The van der Waals surface area contributed by atoms with Gasteiger partial charge in [0.1, 0.15) is 23.9 Å². The molecule has 0 aromatic heterocycles. The number of benzene rings is 1. The maximum atomic E-state index is 13.1. The molecular weight excluding hydrogens is 320 g/mol. The molecule has 2 heterocycles. The maximum absolute atomic E-state index is 13.1. The number of aliphatic carboxylic acids is 1. The van der Waals surface area contributed by atoms with Crippen LogP contribution in [-0.4, -0.2) is 69.2 Å². The van der Waals surface area contributed by atoms with Crippen LogP contribution in [0.3, 0.4) is 0 Å². The van der Waals surface area contributed by atoms with Gasteiger partial charge >= 0.3 is 35.5 Å². The van der Waals surface area contributed by atoms with Crippen LogP contribution in [0.25, 0.3) is 0 Å². The van der Waals surface area contributed by atoms with Crippen LogP contribution in [0.4, 0.5) is 4.39 Å². The van der Waals surface area contributed by atoms with Gasteiger partial charge in [-0.1, -0.05) is 6.07 Å². The molecule has 0 saturated carbocycles. The molecule has 1 unspecified atom stereocenters. The molecule has 0 spiro atoms. The fourth-order valence-corrected chi connectivity index (χ4v) is 3.56. The molecule has 2 aliphatic rings. The SMILES string of the molecule is O=C(O)C1=C(COc2cccc(F)c2)CSC2CC(=O)N12.[NaH]. The van der Waals surface area contributed by atoms with Crippen LogP contribution < -0.4 is 4.74 Å². The number of hydrogen-bond acceptors (Lipinski definition) is 4. The fraction of sp³-hybridized carbons (Fsp3) is 0.286. The van der Waals surface area contributed by atoms with E-state index in [2.05, 4.69) is 0 Å². The zero-order chi connectivity index (χ0) is 15.0. The van der Waals surface area contributed by atoms with E-state index in [1.165, 1.54) is 34.9 Å². The van der Waals surface area contributed by atoms with Gasteiger partial charge in [-0.2, -0.15) is 0 Å². The van der Waals surface area contributed by atoms with E-state index in [9.17, 15) is 19.1 Å². The summed E-state index contributed by atoms with van der Waals surface area (Å²) in [6.45, 7) is 0.0224. The molecule has 1 saturated heterocycles. The molecule has 0 bridgehead atoms. The first kappa shape index (κ1) is 17.3. The predicted octanol–water partition coefficient (Wildman–Crippen LogP) is 1.20. The molecule has 1 N–H and O–H groups in total. The zero-order valence-electron chi connectivity index (χ0n) is 10.9. The topological polar surface area (TPSA) is 66.8 Å². The Hall–Kier alpha value is -1.02. The van der Waals surface area contributed by atoms with Crippen LogP contribution in [0, 0.1) is 5.82 Å². The van der Waals surface area contributed by atoms with Crippen molar-refractivity contribution in [2.75, 3.05) is 12.4 Å². The van der Waals surface area contributed by atoms with Crippen molar-refractivity contribution in [3.63, 3.8) is 0 Å². The van der Waals surface area contributed by atoms with Crippen LogP contribution in [0.5, 0.6) is 5.75 Å². The van der Waals surface area contributed by atoms with Crippen molar-refractivity contribution in [3.8, 4) is 5.75 Å². The molecule has 0 radical (unpaired) electrons. The van der Waals surface area contributed by atoms with Gasteiger partial charge in [-0.25, -0.2) is 9.18 Å². The third kappa shape index (κ3) is 3.32. The number of carboxylic acids is 1. The summed E-state index contributed by atoms with van der Waals surface area (Å²) in [6.07, 6.45) is 0.374. The Balaban J connectivity index is 0.00000176. The van der Waals surface area contributed by atoms with Crippen molar-refractivity contribution in [3.05, 3.63) is 41.4 Å². The molecule has 2 aliphatic heterocycles. The van der Waals surface area contributed by atoms with Gasteiger partial charge in [-0.15, -0.1) is 11.8 Å². The van der Waals surface area contributed by atoms with Crippen LogP contribution in [0.15, 0.2) is 35.5 Å². The Labute approximate surface area is 152 Å². The second-order valence-corrected chi connectivity index (χ2v) is 5.90. The molecule has 1 atom stereocenters. The minimum atomic E-state index is -1.13. The number of nitrogens with zero attached hydrogens (tertiary/aromatic N) is 1. The molecule has 1 aromatic carbocycles. The van der Waals surface area contributed by atoms with Crippen LogP contribution in [0.1, 0.15) is 6.42 Å². The summed E-state index contributed by atoms with van der Waals surface area (Å²) < 4.78 is 18.5. The second kappa shape index (κ2) is 7.04. The van der Waals surface area contributed by atoms with Gasteiger partial charge in [-0.05, 0) is 12.1 Å². The second-order valence-electron chi connectivity index (χ2n) is 4.74. The van der Waals surface area contributed by atoms with Gasteiger partial charge in [0, 0.05) is 17.4 Å². The summed E-state index contributed by atoms with van der Waals surface area (Å²) in [5.74, 6) is -0.921. The summed E-state index contributed by atoms with van der Waals surface area (Å²) in [7, 11) is 0. The van der Waals surface area contributed by atoms with Crippen molar-refractivity contribution >= 4 is 53.2 Å². The molecule has 5 nitrogen and oxygen atoms in total. The number of carboxylic acid groups (broad SMARTS) is 1. The van der Waals surface area contributed by atoms with Crippen molar-refractivity contribution in [2.45, 2.75) is 11.8 Å². The molecule has 3 rings (SSSR count). The Kier molecular flexibility index (Phi) is 5.55. The molecule has 1 aromatic rings. The number of ether oxygens (including phenoxy) is 1. The van der Waals surface area contributed by atoms with Crippen LogP contribution in [-0.2, 0) is 9.59 Å². The molecule has 0 aliphatic carbocycles. The number of fused-ring (bicyclic) bond motifs is 1. The van der Waals surface area contributed by atoms with Gasteiger partial charge in [-0.3, -0.25) is 9.69 Å². The number of carbonyl (C=O) groups is 2. The standard InChI is InChI=1S/C14H12FNO4S.Na.H/c15-9-2-1-3-10(4-9)20-6-8-7-21-12-5-11(17)16(12)13(8)14(18)19;;/h1-4,12H,5-7H2,(H,18,19);;. The van der Waals surface area contributed by atoms with E-state index in [0.29, 0.717) is 23.5 Å². The number of rotatable bonds is 4. The van der Waals surface area contributed by atoms with Gasteiger partial charge < -0.3 is 9.84 Å². The first-order chi connectivity index (χ1) is 10.1. The Morgan fingerprint density at radius 3 is 2.91 bits per heavy atom. The summed E-state index contributed by atoms with van der Waals surface area (Å²) in [6, 6.07) is 5.64. The van der Waals surface area contributed by atoms with Crippen molar-refractivity contribution in [2.24, 2.45) is 0 Å². The van der Waals surface area contributed by atoms with E-state index in [4.69, 9.17) is 4.74 Å². The van der Waals surface area contributed by atoms with E-state index in [-0.39, 0.29) is 53.1 Å². The van der Waals surface area contributed by atoms with Crippen LogP contribution >= 0.6 is 11.8 Å². The quantitative estimate of drug-likeness (QED) is 0.662. The Bertz CT molecular complexity index is 651. The Morgan fingerprint density at radius 1 is 1.50 bits per heavy atom. The first-order valence-electron chi connectivity index (χ1n) is 6.33. The third-order valence-corrected chi connectivity index (χ3v) is 4.62. The van der Waals surface area contributed by atoms with Gasteiger partial charge in [0.2, 0.25) is 5.91 Å². The monoisotopic (exact) mass is 333 g/mol. The first-order valence-corrected chi connectivity index (χ1v) is 7.38. The molecule has 22 heavy (non-hydrogen) atoms. The normalized spacial score (nSPS) is 20.0. The molecule has 1 fully saturated rings. The molecular formula is C14H13FNNaO4S. The van der Waals surface area contributed by atoms with E-state index in [1.54, 1.807) is 6.07 Å². The number of β-lactam (4-membered cyclic amide) rings is 1. The van der Waals surface area contributed by atoms with Gasteiger partial charge in [0.05, 0.1) is 11.8 Å². The number of halogens is 1. The number of amides is 1. The summed E-state index contributed by atoms with van der Waals surface area (Å²) in [4.78, 5) is 24.3. The van der Waals surface area contributed by atoms with Gasteiger partial charge in [0.15, 0.2) is 0 Å². The number of hydrogen-bond donors (Lipinski definition) is 1. The average Bonchev–Trinajstić information content (AvgIpc) is 2.44. The zero-order valence-corrected chi connectivity index (χ0v) is 11.7. The number of thioether (sulfide) groups is 1. The average molecular weight is 333 g/mol. The predicted molar refractivity (Wildman–Crippen MR) is 81.4 cm³/mol. The summed E-state index contributed by atoms with van der Waals surface area (Å²) >= 11 is 1.51. The van der Waals surface area contributed by atoms with E-state index in [1.807, 2.05) is 0 Å². The number of carbonyl (C=O) groups excluding carboxylic acids is 1. The van der Waals surface area contributed by atoms with E-state index in [0.717, 1.165) is 0 Å². The molecule has 1 amide bonds. The summed E-state index contributed by atoms with van der Waals surface area (Å²) in [5, 5.41) is 9.23. The van der Waals surface area contributed by atoms with Crippen LogP contribution in [0.2, 0.25) is 0 Å². The third-order valence-electron chi connectivity index (χ3n) is 3.34. The van der Waals surface area contributed by atoms with E-state index >= 15 is 0 Å². The minimum absolute atomic E-state index is 0. The van der Waals surface area contributed by atoms with Gasteiger partial charge in [0.25, 0.3) is 0 Å².